The number of nitrogen functional groups attached to an aromatic ring is 1. The minimum atomic E-state index is -0.355. The van der Waals surface area contributed by atoms with E-state index in [4.69, 9.17) is 31.5 Å². The third-order valence-electron chi connectivity index (χ3n) is 7.73. The van der Waals surface area contributed by atoms with Gasteiger partial charge >= 0.3 is 6.03 Å². The number of carbonyl (C=O) groups is 1. The lowest BCUT2D eigenvalue weighted by atomic mass is 9.89. The SMILES string of the molecule is COc1ccc(CN(C)c2cc(Cl)nc3c2ncn3C(=O)N[C@@H]2CC[C@H]2OCc2cc(N)c3nnc(C)n3c2)c(OC)c1. The van der Waals surface area contributed by atoms with Crippen molar-refractivity contribution in [2.75, 3.05) is 31.9 Å². The Balaban J connectivity index is 1.15. The number of hydrogen-bond donors (Lipinski definition) is 2. The standard InChI is InChI=1S/C29H32ClN9O4/c1-16-35-36-27-20(31)9-17(12-38(16)27)14-43-23-8-7-21(23)33-29(40)39-15-32-26-22(11-25(30)34-28(26)39)37(2)13-18-5-6-19(41-3)10-24(18)42-4/h5-6,9-12,15,21,23H,7-8,13-14,31H2,1-4H3,(H,33,40)/t21-,23-/m1/s1. The Morgan fingerprint density at radius 2 is 2.00 bits per heavy atom. The third kappa shape index (κ3) is 5.48. The lowest BCUT2D eigenvalue weighted by Gasteiger charge is -2.36. The van der Waals surface area contributed by atoms with Crippen LogP contribution in [0, 0.1) is 6.92 Å². The molecule has 1 saturated carbocycles. The largest absolute Gasteiger partial charge is 0.497 e. The Bertz CT molecular complexity index is 1820. The fourth-order valence-corrected chi connectivity index (χ4v) is 5.42. The molecule has 1 amide bonds. The maximum absolute atomic E-state index is 13.4. The molecule has 43 heavy (non-hydrogen) atoms. The van der Waals surface area contributed by atoms with Gasteiger partial charge in [-0.1, -0.05) is 11.6 Å². The number of hydrogen-bond acceptors (Lipinski definition) is 10. The Morgan fingerprint density at radius 1 is 1.16 bits per heavy atom. The highest BCUT2D eigenvalue weighted by Gasteiger charge is 2.34. The van der Waals surface area contributed by atoms with Crippen LogP contribution in [0.15, 0.2) is 42.9 Å². The predicted molar refractivity (Wildman–Crippen MR) is 162 cm³/mol. The number of amides is 1. The highest BCUT2D eigenvalue weighted by atomic mass is 35.5. The van der Waals surface area contributed by atoms with Crippen LogP contribution in [0.25, 0.3) is 16.8 Å². The predicted octanol–water partition coefficient (Wildman–Crippen LogP) is 3.98. The molecule has 3 N–H and O–H groups in total. The minimum Gasteiger partial charge on any atom is -0.497 e. The summed E-state index contributed by atoms with van der Waals surface area (Å²) >= 11 is 6.43. The normalized spacial score (nSPS) is 16.3. The maximum atomic E-state index is 13.4. The van der Waals surface area contributed by atoms with Gasteiger partial charge in [-0.2, -0.15) is 0 Å². The molecule has 0 aliphatic heterocycles. The number of fused-ring (bicyclic) bond motifs is 2. The second-order valence-corrected chi connectivity index (χ2v) is 10.9. The number of halogens is 1. The lowest BCUT2D eigenvalue weighted by Crippen LogP contribution is -2.52. The summed E-state index contributed by atoms with van der Waals surface area (Å²) in [6, 6.07) is 8.71. The van der Waals surface area contributed by atoms with Gasteiger partial charge in [-0.15, -0.1) is 10.2 Å². The molecule has 1 aliphatic rings. The topological polar surface area (TPSA) is 147 Å². The molecule has 0 saturated heterocycles. The van der Waals surface area contributed by atoms with Crippen molar-refractivity contribution in [2.45, 2.75) is 45.1 Å². The van der Waals surface area contributed by atoms with Crippen molar-refractivity contribution in [2.24, 2.45) is 0 Å². The van der Waals surface area contributed by atoms with Gasteiger partial charge in [0, 0.05) is 37.5 Å². The number of aryl methyl sites for hydroxylation is 1. The van der Waals surface area contributed by atoms with Crippen molar-refractivity contribution >= 4 is 45.8 Å². The lowest BCUT2D eigenvalue weighted by molar-refractivity contribution is -0.0324. The molecule has 4 heterocycles. The smallest absolute Gasteiger partial charge is 0.328 e. The monoisotopic (exact) mass is 605 g/mol. The van der Waals surface area contributed by atoms with E-state index in [2.05, 4.69) is 25.5 Å². The average Bonchev–Trinajstić information content (AvgIpc) is 3.58. The molecule has 5 aromatic rings. The third-order valence-corrected chi connectivity index (χ3v) is 7.92. The second kappa shape index (κ2) is 11.6. The maximum Gasteiger partial charge on any atom is 0.328 e. The zero-order valence-electron chi connectivity index (χ0n) is 24.2. The molecule has 13 nitrogen and oxygen atoms in total. The first kappa shape index (κ1) is 28.5. The van der Waals surface area contributed by atoms with E-state index in [-0.39, 0.29) is 23.3 Å². The number of nitrogens with one attached hydrogen (secondary N) is 1. The second-order valence-electron chi connectivity index (χ2n) is 10.5. The van der Waals surface area contributed by atoms with Gasteiger partial charge in [0.15, 0.2) is 11.3 Å². The van der Waals surface area contributed by atoms with Crippen LogP contribution in [0.5, 0.6) is 11.5 Å². The van der Waals surface area contributed by atoms with E-state index in [1.165, 1.54) is 10.9 Å². The van der Waals surface area contributed by atoms with Crippen molar-refractivity contribution < 1.29 is 19.0 Å². The Hall–Kier alpha value is -4.62. The number of benzene rings is 1. The van der Waals surface area contributed by atoms with Gasteiger partial charge in [0.1, 0.15) is 34.3 Å². The summed E-state index contributed by atoms with van der Waals surface area (Å²) in [5.74, 6) is 2.14. The quantitative estimate of drug-likeness (QED) is 0.236. The van der Waals surface area contributed by atoms with Crippen LogP contribution < -0.4 is 25.4 Å². The molecule has 224 valence electrons. The van der Waals surface area contributed by atoms with Crippen LogP contribution in [-0.2, 0) is 17.9 Å². The van der Waals surface area contributed by atoms with Gasteiger partial charge in [-0.05, 0) is 43.5 Å². The van der Waals surface area contributed by atoms with E-state index in [9.17, 15) is 4.79 Å². The minimum absolute atomic E-state index is 0.143. The van der Waals surface area contributed by atoms with Crippen molar-refractivity contribution in [3.05, 3.63) is 65.0 Å². The van der Waals surface area contributed by atoms with Gasteiger partial charge in [0.05, 0.1) is 44.3 Å². The summed E-state index contributed by atoms with van der Waals surface area (Å²) in [6.07, 6.45) is 4.85. The first-order chi connectivity index (χ1) is 20.7. The van der Waals surface area contributed by atoms with Crippen molar-refractivity contribution in [1.82, 2.24) is 34.4 Å². The van der Waals surface area contributed by atoms with Gasteiger partial charge in [-0.3, -0.25) is 4.40 Å². The van der Waals surface area contributed by atoms with Crippen LogP contribution >= 0.6 is 11.6 Å². The first-order valence-corrected chi connectivity index (χ1v) is 14.1. The van der Waals surface area contributed by atoms with E-state index >= 15 is 0 Å². The molecule has 1 aliphatic carbocycles. The fourth-order valence-electron chi connectivity index (χ4n) is 5.24. The highest BCUT2D eigenvalue weighted by Crippen LogP contribution is 2.32. The fraction of sp³-hybridized carbons (Fsp3) is 0.345. The number of imidazole rings is 1. The Kier molecular flexibility index (Phi) is 7.67. The Morgan fingerprint density at radius 3 is 2.74 bits per heavy atom. The molecule has 14 heteroatoms. The number of methoxy groups -OCH3 is 2. The number of aromatic nitrogens is 6. The van der Waals surface area contributed by atoms with E-state index in [1.807, 2.05) is 53.7 Å². The highest BCUT2D eigenvalue weighted by molar-refractivity contribution is 6.30. The summed E-state index contributed by atoms with van der Waals surface area (Å²) in [5.41, 5.74) is 10.8. The van der Waals surface area contributed by atoms with Crippen LogP contribution in [0.1, 0.15) is 29.8 Å². The molecule has 1 aromatic carbocycles. The molecule has 0 unspecified atom stereocenters. The van der Waals surface area contributed by atoms with Crippen LogP contribution in [0.4, 0.5) is 16.2 Å². The van der Waals surface area contributed by atoms with Gasteiger partial charge < -0.3 is 30.2 Å². The number of nitrogens with zero attached hydrogens (tertiary/aromatic N) is 7. The summed E-state index contributed by atoms with van der Waals surface area (Å²) in [7, 11) is 5.15. The zero-order valence-corrected chi connectivity index (χ0v) is 25.0. The number of rotatable bonds is 9. The van der Waals surface area contributed by atoms with Gasteiger partial charge in [0.2, 0.25) is 0 Å². The number of ether oxygens (including phenoxy) is 3. The average molecular weight is 606 g/mol. The molecule has 2 atom stereocenters. The molecule has 0 spiro atoms. The molecular weight excluding hydrogens is 574 g/mol. The number of nitrogens with two attached hydrogens (primary N) is 1. The van der Waals surface area contributed by atoms with Crippen molar-refractivity contribution in [1.29, 1.82) is 0 Å². The summed E-state index contributed by atoms with van der Waals surface area (Å²) in [4.78, 5) is 24.3. The van der Waals surface area contributed by atoms with E-state index < -0.39 is 0 Å². The number of carbonyl (C=O) groups excluding carboxylic acids is 1. The van der Waals surface area contributed by atoms with Crippen molar-refractivity contribution in [3.63, 3.8) is 0 Å². The number of anilines is 2. The summed E-state index contributed by atoms with van der Waals surface area (Å²) < 4.78 is 20.2. The molecule has 4 aromatic heterocycles. The van der Waals surface area contributed by atoms with E-state index in [0.29, 0.717) is 47.1 Å². The van der Waals surface area contributed by atoms with E-state index in [1.54, 1.807) is 20.3 Å². The van der Waals surface area contributed by atoms with Gasteiger partial charge in [0.25, 0.3) is 0 Å². The summed E-state index contributed by atoms with van der Waals surface area (Å²) in [5, 5.41) is 11.5. The molecule has 0 radical (unpaired) electrons. The van der Waals surface area contributed by atoms with Crippen LogP contribution in [0.2, 0.25) is 5.15 Å². The summed E-state index contributed by atoms with van der Waals surface area (Å²) in [6.45, 7) is 2.70. The van der Waals surface area contributed by atoms with Crippen LogP contribution in [0.3, 0.4) is 0 Å². The van der Waals surface area contributed by atoms with Crippen LogP contribution in [-0.4, -0.2) is 68.6 Å². The van der Waals surface area contributed by atoms with E-state index in [0.717, 1.165) is 35.5 Å². The first-order valence-electron chi connectivity index (χ1n) is 13.7. The Labute approximate surface area is 252 Å². The molecule has 0 bridgehead atoms. The molecule has 1 fully saturated rings. The number of pyridine rings is 2. The van der Waals surface area contributed by atoms with Gasteiger partial charge in [-0.25, -0.2) is 19.3 Å². The molecule has 6 rings (SSSR count). The zero-order chi connectivity index (χ0) is 30.2. The molecular formula is C29H32ClN9O4. The van der Waals surface area contributed by atoms with Crippen molar-refractivity contribution in [3.8, 4) is 11.5 Å².